The van der Waals surface area contributed by atoms with Crippen LogP contribution in [0.4, 0.5) is 0 Å². The zero-order valence-electron chi connectivity index (χ0n) is 18.7. The average molecular weight is 426 g/mol. The summed E-state index contributed by atoms with van der Waals surface area (Å²) < 4.78 is 15.1. The molecule has 2 aromatic rings. The number of nitrogens with zero attached hydrogens (tertiary/aromatic N) is 3. The summed E-state index contributed by atoms with van der Waals surface area (Å²) >= 11 is 0. The highest BCUT2D eigenvalue weighted by molar-refractivity contribution is 5.58. The summed E-state index contributed by atoms with van der Waals surface area (Å²) in [6, 6.07) is 8.44. The molecule has 5 heterocycles. The highest BCUT2D eigenvalue weighted by atomic mass is 17.3. The molecule has 7 rings (SSSR count). The van der Waals surface area contributed by atoms with Crippen LogP contribution in [0.1, 0.15) is 58.2 Å². The number of hydrogen-bond donors (Lipinski definition) is 0. The van der Waals surface area contributed by atoms with Crippen molar-refractivity contribution < 1.29 is 19.2 Å². The number of aromatic nitrogens is 3. The Bertz CT molecular complexity index is 977. The van der Waals surface area contributed by atoms with Crippen LogP contribution in [0.3, 0.4) is 0 Å². The van der Waals surface area contributed by atoms with Gasteiger partial charge in [0.25, 0.3) is 0 Å². The second kappa shape index (κ2) is 6.85. The molecular formula is C24H31N3O4. The molecule has 0 radical (unpaired) electrons. The molecule has 4 aliphatic heterocycles. The Hall–Kier alpha value is -1.80. The first-order valence-corrected chi connectivity index (χ1v) is 11.6. The van der Waals surface area contributed by atoms with Gasteiger partial charge in [-0.1, -0.05) is 48.9 Å². The molecule has 8 atom stereocenters. The number of hydrogen-bond acceptors (Lipinski definition) is 6. The normalized spacial score (nSPS) is 44.0. The van der Waals surface area contributed by atoms with Crippen molar-refractivity contribution in [2.75, 3.05) is 0 Å². The minimum absolute atomic E-state index is 0.173. The van der Waals surface area contributed by atoms with Crippen molar-refractivity contribution in [3.05, 3.63) is 36.0 Å². The van der Waals surface area contributed by atoms with Gasteiger partial charge in [0.2, 0.25) is 5.79 Å². The SMILES string of the molecule is Cc1ccc(-c2cnnn2[C@@H]2O[C@@H]3O[C@@]4(C)CC[C@H]5[C@H](C)CC[C@@H]([C@H]2C)[C@@]35OO4)cc1. The minimum Gasteiger partial charge on any atom is -0.324 e. The van der Waals surface area contributed by atoms with Crippen LogP contribution >= 0.6 is 0 Å². The molecule has 1 aliphatic carbocycles. The van der Waals surface area contributed by atoms with Crippen LogP contribution in [-0.4, -0.2) is 32.7 Å². The van der Waals surface area contributed by atoms with E-state index in [-0.39, 0.29) is 18.1 Å². The molecule has 1 spiro atoms. The Morgan fingerprint density at radius 1 is 1.03 bits per heavy atom. The molecule has 1 saturated carbocycles. The van der Waals surface area contributed by atoms with Crippen LogP contribution in [0, 0.1) is 30.6 Å². The smallest absolute Gasteiger partial charge is 0.201 e. The summed E-state index contributed by atoms with van der Waals surface area (Å²) in [6.45, 7) is 8.63. The van der Waals surface area contributed by atoms with E-state index in [0.717, 1.165) is 30.5 Å². The number of fused-ring (bicyclic) bond motifs is 2. The van der Waals surface area contributed by atoms with E-state index in [0.29, 0.717) is 11.8 Å². The molecule has 31 heavy (non-hydrogen) atoms. The van der Waals surface area contributed by atoms with Crippen molar-refractivity contribution in [1.82, 2.24) is 15.0 Å². The van der Waals surface area contributed by atoms with E-state index in [9.17, 15) is 0 Å². The van der Waals surface area contributed by atoms with E-state index in [1.165, 1.54) is 12.0 Å². The Balaban J connectivity index is 1.42. The third-order valence-corrected chi connectivity index (χ3v) is 8.29. The van der Waals surface area contributed by atoms with Crippen LogP contribution in [0.2, 0.25) is 0 Å². The lowest BCUT2D eigenvalue weighted by Crippen LogP contribution is -2.69. The first kappa shape index (κ1) is 19.9. The van der Waals surface area contributed by atoms with Crippen molar-refractivity contribution in [1.29, 1.82) is 0 Å². The van der Waals surface area contributed by atoms with Crippen molar-refractivity contribution in [2.45, 2.75) is 77.3 Å². The molecule has 5 fully saturated rings. The van der Waals surface area contributed by atoms with Crippen LogP contribution < -0.4 is 0 Å². The summed E-state index contributed by atoms with van der Waals surface area (Å²) in [5, 5.41) is 8.70. The zero-order valence-corrected chi connectivity index (χ0v) is 18.7. The van der Waals surface area contributed by atoms with Gasteiger partial charge in [0.05, 0.1) is 11.9 Å². The second-order valence-electron chi connectivity index (χ2n) is 10.2. The summed E-state index contributed by atoms with van der Waals surface area (Å²) in [5.41, 5.74) is 2.70. The molecule has 1 aromatic carbocycles. The Labute approximate surface area is 182 Å². The lowest BCUT2D eigenvalue weighted by molar-refractivity contribution is -0.574. The predicted octanol–water partition coefficient (Wildman–Crippen LogP) is 4.63. The maximum atomic E-state index is 6.72. The fraction of sp³-hybridized carbons (Fsp3) is 0.667. The number of ether oxygens (including phenoxy) is 2. The van der Waals surface area contributed by atoms with Crippen molar-refractivity contribution in [2.24, 2.45) is 23.7 Å². The molecule has 0 N–H and O–H groups in total. The standard InChI is InChI=1S/C24H31N3O4/c1-14-5-8-17(9-6-14)20-13-25-26-27(20)21-16(3)19-10-7-15(2)18-11-12-23(4)29-22(28-21)24(18,19)31-30-23/h5-6,8-9,13,15-16,18-19,21-22H,7,10-12H2,1-4H3/t15-,16-,18+,19+,21-,22-,23-,24-/m1/s1. The number of benzene rings is 1. The monoisotopic (exact) mass is 425 g/mol. The van der Waals surface area contributed by atoms with E-state index < -0.39 is 17.7 Å². The van der Waals surface area contributed by atoms with Gasteiger partial charge in [-0.3, -0.25) is 0 Å². The molecule has 166 valence electrons. The highest BCUT2D eigenvalue weighted by Crippen LogP contribution is 2.61. The van der Waals surface area contributed by atoms with Crippen molar-refractivity contribution in [3.63, 3.8) is 0 Å². The molecular weight excluding hydrogens is 394 g/mol. The van der Waals surface area contributed by atoms with Gasteiger partial charge >= 0.3 is 0 Å². The van der Waals surface area contributed by atoms with E-state index in [1.54, 1.807) is 0 Å². The molecule has 4 saturated heterocycles. The highest BCUT2D eigenvalue weighted by Gasteiger charge is 2.69. The topological polar surface area (TPSA) is 67.6 Å². The number of aryl methyl sites for hydroxylation is 1. The van der Waals surface area contributed by atoms with Gasteiger partial charge in [-0.15, -0.1) is 5.10 Å². The molecule has 7 nitrogen and oxygen atoms in total. The quantitative estimate of drug-likeness (QED) is 0.654. The molecule has 1 aromatic heterocycles. The van der Waals surface area contributed by atoms with Gasteiger partial charge in [-0.2, -0.15) is 0 Å². The Kier molecular flexibility index (Phi) is 4.39. The maximum absolute atomic E-state index is 6.72. The first-order valence-electron chi connectivity index (χ1n) is 11.6. The van der Waals surface area contributed by atoms with Crippen LogP contribution in [0.5, 0.6) is 0 Å². The van der Waals surface area contributed by atoms with Crippen LogP contribution in [-0.2, 0) is 19.2 Å². The van der Waals surface area contributed by atoms with E-state index in [1.807, 2.05) is 17.8 Å². The van der Waals surface area contributed by atoms with Crippen LogP contribution in [0.25, 0.3) is 11.3 Å². The Morgan fingerprint density at radius 2 is 1.84 bits per heavy atom. The third-order valence-electron chi connectivity index (χ3n) is 8.29. The molecule has 5 aliphatic rings. The minimum atomic E-state index is -0.773. The maximum Gasteiger partial charge on any atom is 0.201 e. The Morgan fingerprint density at radius 3 is 2.65 bits per heavy atom. The van der Waals surface area contributed by atoms with Crippen LogP contribution in [0.15, 0.2) is 30.5 Å². The fourth-order valence-electron chi connectivity index (χ4n) is 6.53. The predicted molar refractivity (Wildman–Crippen MR) is 112 cm³/mol. The summed E-state index contributed by atoms with van der Waals surface area (Å²) in [5.74, 6) is 0.566. The third kappa shape index (κ3) is 2.80. The zero-order chi connectivity index (χ0) is 21.4. The molecule has 7 heteroatoms. The molecule has 0 amide bonds. The van der Waals surface area contributed by atoms with E-state index in [4.69, 9.17) is 19.2 Å². The fourth-order valence-corrected chi connectivity index (χ4v) is 6.53. The van der Waals surface area contributed by atoms with Gasteiger partial charge in [-0.25, -0.2) is 14.5 Å². The molecule has 2 bridgehead atoms. The second-order valence-corrected chi connectivity index (χ2v) is 10.2. The van der Waals surface area contributed by atoms with Crippen molar-refractivity contribution >= 4 is 0 Å². The first-order chi connectivity index (χ1) is 14.9. The largest absolute Gasteiger partial charge is 0.324 e. The van der Waals surface area contributed by atoms with E-state index in [2.05, 4.69) is 55.3 Å². The van der Waals surface area contributed by atoms with Gasteiger partial charge in [-0.05, 0) is 44.9 Å². The number of rotatable bonds is 2. The van der Waals surface area contributed by atoms with Gasteiger partial charge in [0.1, 0.15) is 0 Å². The lowest BCUT2D eigenvalue weighted by atomic mass is 9.58. The summed E-state index contributed by atoms with van der Waals surface area (Å²) in [4.78, 5) is 12.2. The van der Waals surface area contributed by atoms with Crippen molar-refractivity contribution in [3.8, 4) is 11.3 Å². The van der Waals surface area contributed by atoms with Gasteiger partial charge < -0.3 is 9.47 Å². The average Bonchev–Trinajstić information content (AvgIpc) is 3.12. The molecule has 0 unspecified atom stereocenters. The van der Waals surface area contributed by atoms with E-state index >= 15 is 0 Å². The van der Waals surface area contributed by atoms with Gasteiger partial charge in [0.15, 0.2) is 18.1 Å². The lowest BCUT2D eigenvalue weighted by Gasteiger charge is -2.60. The van der Waals surface area contributed by atoms with Gasteiger partial charge in [0, 0.05) is 23.8 Å². The summed E-state index contributed by atoms with van der Waals surface area (Å²) in [7, 11) is 0. The summed E-state index contributed by atoms with van der Waals surface area (Å²) in [6.07, 6.45) is 5.15.